The fourth-order valence-electron chi connectivity index (χ4n) is 2.38. The molecule has 2 heterocycles. The van der Waals surface area contributed by atoms with Crippen LogP contribution in [0.15, 0.2) is 30.5 Å². The number of aromatic nitrogens is 2. The molecule has 1 aromatic carbocycles. The highest BCUT2D eigenvalue weighted by Crippen LogP contribution is 2.26. The SMILES string of the molecule is Cc1nc2c(OCc3c(F)cccc3F)cc(I)cn2c1C(=O)O. The maximum Gasteiger partial charge on any atom is 0.354 e. The van der Waals surface area contributed by atoms with Crippen molar-refractivity contribution < 1.29 is 23.4 Å². The monoisotopic (exact) mass is 444 g/mol. The van der Waals surface area contributed by atoms with E-state index in [0.29, 0.717) is 9.26 Å². The van der Waals surface area contributed by atoms with Gasteiger partial charge in [-0.15, -0.1) is 0 Å². The van der Waals surface area contributed by atoms with Gasteiger partial charge in [-0.05, 0) is 47.7 Å². The number of hydrogen-bond acceptors (Lipinski definition) is 3. The van der Waals surface area contributed by atoms with Gasteiger partial charge in [-0.25, -0.2) is 18.6 Å². The number of carbonyl (C=O) groups is 1. The summed E-state index contributed by atoms with van der Waals surface area (Å²) < 4.78 is 35.0. The number of carboxylic acids is 1. The summed E-state index contributed by atoms with van der Waals surface area (Å²) in [4.78, 5) is 15.6. The number of pyridine rings is 1. The van der Waals surface area contributed by atoms with Crippen LogP contribution >= 0.6 is 22.6 Å². The first-order chi connectivity index (χ1) is 11.4. The Kier molecular flexibility index (Phi) is 4.39. The highest BCUT2D eigenvalue weighted by atomic mass is 127. The summed E-state index contributed by atoms with van der Waals surface area (Å²) in [5.41, 5.74) is 0.426. The molecule has 24 heavy (non-hydrogen) atoms. The number of rotatable bonds is 4. The molecular weight excluding hydrogens is 433 g/mol. The van der Waals surface area contributed by atoms with Crippen molar-refractivity contribution >= 4 is 34.2 Å². The molecule has 5 nitrogen and oxygen atoms in total. The van der Waals surface area contributed by atoms with Gasteiger partial charge in [0.2, 0.25) is 0 Å². The molecule has 0 aliphatic rings. The predicted octanol–water partition coefficient (Wildman–Crippen LogP) is 3.80. The van der Waals surface area contributed by atoms with Crippen LogP contribution in [-0.4, -0.2) is 20.5 Å². The number of carboxylic acid groups (broad SMARTS) is 1. The molecule has 0 fully saturated rings. The highest BCUT2D eigenvalue weighted by molar-refractivity contribution is 14.1. The van der Waals surface area contributed by atoms with E-state index in [2.05, 4.69) is 4.98 Å². The third-order valence-electron chi connectivity index (χ3n) is 3.46. The Labute approximate surface area is 149 Å². The largest absolute Gasteiger partial charge is 0.485 e. The number of fused-ring (bicyclic) bond motifs is 1. The molecule has 0 bridgehead atoms. The fourth-order valence-corrected chi connectivity index (χ4v) is 2.94. The summed E-state index contributed by atoms with van der Waals surface area (Å²) in [6, 6.07) is 5.20. The number of aromatic carboxylic acids is 1. The van der Waals surface area contributed by atoms with Gasteiger partial charge in [-0.3, -0.25) is 4.40 Å². The van der Waals surface area contributed by atoms with Gasteiger partial charge in [0.15, 0.2) is 17.1 Å². The topological polar surface area (TPSA) is 63.8 Å². The van der Waals surface area contributed by atoms with Gasteiger partial charge in [-0.2, -0.15) is 0 Å². The van der Waals surface area contributed by atoms with Crippen LogP contribution in [0.4, 0.5) is 8.78 Å². The second kappa shape index (κ2) is 6.34. The number of nitrogens with zero attached hydrogens (tertiary/aromatic N) is 2. The van der Waals surface area contributed by atoms with Crippen LogP contribution in [0.3, 0.4) is 0 Å². The molecule has 3 rings (SSSR count). The van der Waals surface area contributed by atoms with Crippen molar-refractivity contribution in [3.63, 3.8) is 0 Å². The first-order valence-corrected chi connectivity index (χ1v) is 7.93. The average molecular weight is 444 g/mol. The number of aryl methyl sites for hydroxylation is 1. The van der Waals surface area contributed by atoms with E-state index in [0.717, 1.165) is 12.1 Å². The van der Waals surface area contributed by atoms with Gasteiger partial charge in [0.25, 0.3) is 0 Å². The Bertz CT molecular complexity index is 936. The normalized spacial score (nSPS) is 11.0. The van der Waals surface area contributed by atoms with Crippen LogP contribution in [0.1, 0.15) is 21.7 Å². The second-order valence-electron chi connectivity index (χ2n) is 5.06. The first-order valence-electron chi connectivity index (χ1n) is 6.85. The minimum absolute atomic E-state index is 0.0189. The Morgan fingerprint density at radius 1 is 1.38 bits per heavy atom. The lowest BCUT2D eigenvalue weighted by Crippen LogP contribution is -2.06. The summed E-state index contributed by atoms with van der Waals surface area (Å²) in [6.07, 6.45) is 1.61. The van der Waals surface area contributed by atoms with Crippen LogP contribution < -0.4 is 4.74 Å². The Balaban J connectivity index is 2.04. The summed E-state index contributed by atoms with van der Waals surface area (Å²) in [6.45, 7) is 1.24. The molecule has 0 spiro atoms. The van der Waals surface area contributed by atoms with Crippen molar-refractivity contribution in [3.8, 4) is 5.75 Å². The lowest BCUT2D eigenvalue weighted by molar-refractivity contribution is 0.0688. The zero-order valence-electron chi connectivity index (χ0n) is 12.4. The predicted molar refractivity (Wildman–Crippen MR) is 90.3 cm³/mol. The number of hydrogen-bond donors (Lipinski definition) is 1. The van der Waals surface area contributed by atoms with E-state index in [9.17, 15) is 18.7 Å². The minimum Gasteiger partial charge on any atom is -0.485 e. The zero-order valence-corrected chi connectivity index (χ0v) is 14.5. The van der Waals surface area contributed by atoms with E-state index in [-0.39, 0.29) is 29.3 Å². The van der Waals surface area contributed by atoms with Crippen molar-refractivity contribution in [2.75, 3.05) is 0 Å². The summed E-state index contributed by atoms with van der Waals surface area (Å²) in [7, 11) is 0. The zero-order chi connectivity index (χ0) is 17.4. The quantitative estimate of drug-likeness (QED) is 0.622. The van der Waals surface area contributed by atoms with Gasteiger partial charge in [0.1, 0.15) is 18.2 Å². The van der Waals surface area contributed by atoms with E-state index in [4.69, 9.17) is 4.74 Å². The van der Waals surface area contributed by atoms with Crippen molar-refractivity contribution in [3.05, 3.63) is 62.6 Å². The van der Waals surface area contributed by atoms with Crippen LogP contribution in [0.25, 0.3) is 5.65 Å². The first kappa shape index (κ1) is 16.6. The van der Waals surface area contributed by atoms with Gasteiger partial charge < -0.3 is 9.84 Å². The van der Waals surface area contributed by atoms with Crippen LogP contribution in [-0.2, 0) is 6.61 Å². The molecule has 0 radical (unpaired) electrons. The molecule has 0 unspecified atom stereocenters. The van der Waals surface area contributed by atoms with E-state index >= 15 is 0 Å². The number of halogens is 3. The van der Waals surface area contributed by atoms with Crippen LogP contribution in [0, 0.1) is 22.1 Å². The Hall–Kier alpha value is -2.23. The fraction of sp³-hybridized carbons (Fsp3) is 0.125. The summed E-state index contributed by atoms with van der Waals surface area (Å²) >= 11 is 2.00. The minimum atomic E-state index is -1.12. The highest BCUT2D eigenvalue weighted by Gasteiger charge is 2.19. The van der Waals surface area contributed by atoms with Gasteiger partial charge in [0, 0.05) is 9.77 Å². The van der Waals surface area contributed by atoms with Crippen molar-refractivity contribution in [1.29, 1.82) is 0 Å². The Morgan fingerprint density at radius 3 is 2.67 bits per heavy atom. The maximum absolute atomic E-state index is 13.7. The summed E-state index contributed by atoms with van der Waals surface area (Å²) in [5.74, 6) is -2.28. The third kappa shape index (κ3) is 2.93. The standard InChI is InChI=1S/C16H11F2IN2O3/c1-8-14(16(22)23)21-6-9(19)5-13(15(21)20-8)24-7-10-11(17)3-2-4-12(10)18/h2-6H,7H2,1H3,(H,22,23). The molecule has 0 saturated carbocycles. The van der Waals surface area contributed by atoms with E-state index in [1.807, 2.05) is 22.6 Å². The number of benzene rings is 1. The van der Waals surface area contributed by atoms with E-state index in [1.165, 1.54) is 10.5 Å². The molecule has 2 aromatic heterocycles. The van der Waals surface area contributed by atoms with Crippen molar-refractivity contribution in [1.82, 2.24) is 9.38 Å². The molecule has 8 heteroatoms. The molecule has 3 aromatic rings. The third-order valence-corrected chi connectivity index (χ3v) is 4.05. The van der Waals surface area contributed by atoms with Gasteiger partial charge >= 0.3 is 5.97 Å². The van der Waals surface area contributed by atoms with Gasteiger partial charge in [0.05, 0.1) is 11.3 Å². The average Bonchev–Trinajstić information content (AvgIpc) is 2.82. The Morgan fingerprint density at radius 2 is 2.04 bits per heavy atom. The van der Waals surface area contributed by atoms with Crippen molar-refractivity contribution in [2.24, 2.45) is 0 Å². The molecule has 1 N–H and O–H groups in total. The molecule has 0 atom stereocenters. The van der Waals surface area contributed by atoms with E-state index in [1.54, 1.807) is 19.2 Å². The molecule has 0 amide bonds. The number of imidazole rings is 1. The molecular formula is C16H11F2IN2O3. The second-order valence-corrected chi connectivity index (χ2v) is 6.30. The molecule has 0 saturated heterocycles. The summed E-state index contributed by atoms with van der Waals surface area (Å²) in [5, 5.41) is 9.31. The molecule has 0 aliphatic carbocycles. The van der Waals surface area contributed by atoms with E-state index < -0.39 is 17.6 Å². The smallest absolute Gasteiger partial charge is 0.354 e. The van der Waals surface area contributed by atoms with Gasteiger partial charge in [-0.1, -0.05) is 6.07 Å². The lowest BCUT2D eigenvalue weighted by Gasteiger charge is -2.10. The molecule has 124 valence electrons. The van der Waals surface area contributed by atoms with Crippen molar-refractivity contribution in [2.45, 2.75) is 13.5 Å². The number of ether oxygens (including phenoxy) is 1. The maximum atomic E-state index is 13.7. The van der Waals surface area contributed by atoms with Crippen LogP contribution in [0.5, 0.6) is 5.75 Å². The van der Waals surface area contributed by atoms with Crippen LogP contribution in [0.2, 0.25) is 0 Å². The molecule has 0 aliphatic heterocycles. The lowest BCUT2D eigenvalue weighted by atomic mass is 10.2.